The summed E-state index contributed by atoms with van der Waals surface area (Å²) < 4.78 is 2.60. The van der Waals surface area contributed by atoms with Gasteiger partial charge in [0.2, 0.25) is 0 Å². The van der Waals surface area contributed by atoms with E-state index in [-0.39, 0.29) is 10.8 Å². The molecule has 230 valence electrons. The zero-order chi connectivity index (χ0) is 32.4. The minimum atomic E-state index is -0.141. The summed E-state index contributed by atoms with van der Waals surface area (Å²) in [4.78, 5) is 2.35. The number of hydrogen-bond acceptors (Lipinski definition) is 1. The first kappa shape index (κ1) is 27.5. The number of aromatic nitrogens is 1. The van der Waals surface area contributed by atoms with Gasteiger partial charge in [-0.25, -0.2) is 0 Å². The molecule has 0 bridgehead atoms. The summed E-state index contributed by atoms with van der Waals surface area (Å²) in [7, 11) is 0. The average Bonchev–Trinajstić information content (AvgIpc) is 3.45. The molecule has 2 nitrogen and oxygen atoms in total. The van der Waals surface area contributed by atoms with Crippen LogP contribution in [0.5, 0.6) is 0 Å². The van der Waals surface area contributed by atoms with Gasteiger partial charge >= 0.3 is 0 Å². The molecular weight excluding hydrogens is 581 g/mol. The monoisotopic (exact) mass is 616 g/mol. The van der Waals surface area contributed by atoms with E-state index in [9.17, 15) is 0 Å². The quantitative estimate of drug-likeness (QED) is 0.191. The lowest BCUT2D eigenvalue weighted by Gasteiger charge is -2.42. The highest BCUT2D eigenvalue weighted by atomic mass is 15.1. The van der Waals surface area contributed by atoms with Crippen LogP contribution in [0.1, 0.15) is 49.9 Å². The molecule has 0 N–H and O–H groups in total. The molecule has 2 heteroatoms. The van der Waals surface area contributed by atoms with Crippen LogP contribution in [0.4, 0.5) is 17.1 Å². The molecule has 8 aromatic rings. The Balaban J connectivity index is 1.17. The molecule has 1 aromatic heterocycles. The van der Waals surface area contributed by atoms with Gasteiger partial charge in [-0.1, -0.05) is 125 Å². The second-order valence-electron chi connectivity index (χ2n) is 14.7. The van der Waals surface area contributed by atoms with Gasteiger partial charge in [-0.15, -0.1) is 0 Å². The molecule has 10 rings (SSSR count). The van der Waals surface area contributed by atoms with E-state index in [1.807, 2.05) is 0 Å². The third kappa shape index (κ3) is 3.58. The van der Waals surface area contributed by atoms with Crippen molar-refractivity contribution in [2.24, 2.45) is 0 Å². The van der Waals surface area contributed by atoms with Crippen LogP contribution < -0.4 is 4.90 Å². The number of para-hydroxylation sites is 3. The first-order valence-electron chi connectivity index (χ1n) is 17.0. The summed E-state index contributed by atoms with van der Waals surface area (Å²) in [5.74, 6) is 0. The molecule has 0 fully saturated rings. The van der Waals surface area contributed by atoms with Gasteiger partial charge in [0.25, 0.3) is 0 Å². The van der Waals surface area contributed by atoms with E-state index in [1.165, 1.54) is 71.6 Å². The van der Waals surface area contributed by atoms with E-state index in [4.69, 9.17) is 0 Å². The molecule has 48 heavy (non-hydrogen) atoms. The topological polar surface area (TPSA) is 8.17 Å². The van der Waals surface area contributed by atoms with Crippen LogP contribution in [-0.4, -0.2) is 4.57 Å². The first-order valence-corrected chi connectivity index (χ1v) is 17.0. The average molecular weight is 617 g/mol. The van der Waals surface area contributed by atoms with Crippen LogP contribution in [0.15, 0.2) is 146 Å². The summed E-state index contributed by atoms with van der Waals surface area (Å²) in [6, 6.07) is 53.9. The highest BCUT2D eigenvalue weighted by Gasteiger charge is 2.43. The number of benzene rings is 7. The second-order valence-corrected chi connectivity index (χ2v) is 14.7. The van der Waals surface area contributed by atoms with Crippen molar-refractivity contribution in [3.8, 4) is 16.8 Å². The third-order valence-corrected chi connectivity index (χ3v) is 11.3. The van der Waals surface area contributed by atoms with Crippen LogP contribution >= 0.6 is 0 Å². The van der Waals surface area contributed by atoms with E-state index >= 15 is 0 Å². The molecule has 0 saturated heterocycles. The van der Waals surface area contributed by atoms with Crippen LogP contribution in [0.2, 0.25) is 0 Å². The SMILES string of the molecule is CC1(C)c2cccc3c2-n2c4c1cccc4c1cc(-c4ccc(N(c5ccccc5)c5ccc6ccccc6c5)cc4)cc(c12)C3(C)C. The van der Waals surface area contributed by atoms with E-state index in [2.05, 4.69) is 183 Å². The van der Waals surface area contributed by atoms with Gasteiger partial charge in [0.05, 0.1) is 16.7 Å². The molecule has 0 unspecified atom stereocenters. The second kappa shape index (κ2) is 9.49. The summed E-state index contributed by atoms with van der Waals surface area (Å²) in [6.45, 7) is 9.61. The number of anilines is 3. The fourth-order valence-electron chi connectivity index (χ4n) is 8.79. The van der Waals surface area contributed by atoms with E-state index in [1.54, 1.807) is 0 Å². The highest BCUT2D eigenvalue weighted by molar-refractivity contribution is 6.15. The molecule has 0 atom stereocenters. The molecule has 0 spiro atoms. The maximum atomic E-state index is 2.60. The Morgan fingerprint density at radius 1 is 0.417 bits per heavy atom. The smallest absolute Gasteiger partial charge is 0.0582 e. The summed E-state index contributed by atoms with van der Waals surface area (Å²) in [5, 5.41) is 5.18. The van der Waals surface area contributed by atoms with Crippen molar-refractivity contribution in [3.63, 3.8) is 0 Å². The largest absolute Gasteiger partial charge is 0.310 e. The van der Waals surface area contributed by atoms with Crippen molar-refractivity contribution in [1.82, 2.24) is 4.57 Å². The van der Waals surface area contributed by atoms with E-state index < -0.39 is 0 Å². The van der Waals surface area contributed by atoms with Gasteiger partial charge in [0, 0.05) is 38.7 Å². The predicted molar refractivity (Wildman–Crippen MR) is 203 cm³/mol. The molecule has 0 aliphatic carbocycles. The normalized spacial score (nSPS) is 15.0. The van der Waals surface area contributed by atoms with E-state index in [0.717, 1.165) is 17.1 Å². The predicted octanol–water partition coefficient (Wildman–Crippen LogP) is 12.4. The summed E-state index contributed by atoms with van der Waals surface area (Å²) in [5.41, 5.74) is 15.5. The standard InChI is InChI=1S/C46H36N2/c1-45(2)38-17-10-16-36-37-27-32(28-41-43(37)48(42(36)38)44-39(45)18-11-19-40(44)46(41,3)4)30-20-23-34(24-21-30)47(33-14-6-5-7-15-33)35-25-22-29-12-8-9-13-31(29)26-35/h5-28H,1-4H3. The van der Waals surface area contributed by atoms with Crippen LogP contribution in [0, 0.1) is 0 Å². The minimum absolute atomic E-state index is 0.0723. The van der Waals surface area contributed by atoms with Crippen molar-refractivity contribution >= 4 is 49.6 Å². The Morgan fingerprint density at radius 3 is 1.79 bits per heavy atom. The highest BCUT2D eigenvalue weighted by Crippen LogP contribution is 2.55. The molecule has 3 heterocycles. The Bertz CT molecular complexity index is 2600. The zero-order valence-electron chi connectivity index (χ0n) is 27.8. The van der Waals surface area contributed by atoms with E-state index in [0.29, 0.717) is 0 Å². The maximum Gasteiger partial charge on any atom is 0.0582 e. The molecule has 7 aromatic carbocycles. The first-order chi connectivity index (χ1) is 23.3. The van der Waals surface area contributed by atoms with Crippen molar-refractivity contribution in [3.05, 3.63) is 168 Å². The van der Waals surface area contributed by atoms with Crippen LogP contribution in [-0.2, 0) is 10.8 Å². The number of fused-ring (bicyclic) bond motifs is 2. The molecular formula is C46H36N2. The van der Waals surface area contributed by atoms with Gasteiger partial charge in [0.15, 0.2) is 0 Å². The summed E-state index contributed by atoms with van der Waals surface area (Å²) >= 11 is 0. The van der Waals surface area contributed by atoms with Gasteiger partial charge in [0.1, 0.15) is 0 Å². The summed E-state index contributed by atoms with van der Waals surface area (Å²) in [6.07, 6.45) is 0. The third-order valence-electron chi connectivity index (χ3n) is 11.3. The Morgan fingerprint density at radius 2 is 1.02 bits per heavy atom. The lowest BCUT2D eigenvalue weighted by atomic mass is 9.68. The lowest BCUT2D eigenvalue weighted by molar-refractivity contribution is 0.594. The number of hydrogen-bond donors (Lipinski definition) is 0. The Hall–Kier alpha value is -5.60. The lowest BCUT2D eigenvalue weighted by Crippen LogP contribution is -2.33. The Labute approximate surface area is 281 Å². The maximum absolute atomic E-state index is 2.60. The molecule has 0 amide bonds. The van der Waals surface area contributed by atoms with Crippen molar-refractivity contribution in [2.45, 2.75) is 38.5 Å². The molecule has 0 saturated carbocycles. The van der Waals surface area contributed by atoms with Gasteiger partial charge in [-0.3, -0.25) is 0 Å². The van der Waals surface area contributed by atoms with Crippen molar-refractivity contribution < 1.29 is 0 Å². The van der Waals surface area contributed by atoms with Crippen molar-refractivity contribution in [2.75, 3.05) is 4.90 Å². The van der Waals surface area contributed by atoms with Crippen molar-refractivity contribution in [1.29, 1.82) is 0 Å². The number of rotatable bonds is 4. The molecule has 0 radical (unpaired) electrons. The van der Waals surface area contributed by atoms with Crippen LogP contribution in [0.3, 0.4) is 0 Å². The molecule has 2 aliphatic heterocycles. The number of nitrogens with zero attached hydrogens (tertiary/aromatic N) is 2. The van der Waals surface area contributed by atoms with Gasteiger partial charge in [-0.2, -0.15) is 0 Å². The molecule has 2 aliphatic rings. The fraction of sp³-hybridized carbons (Fsp3) is 0.130. The van der Waals surface area contributed by atoms with Gasteiger partial charge < -0.3 is 9.47 Å². The van der Waals surface area contributed by atoms with Crippen LogP contribution in [0.25, 0.3) is 49.4 Å². The Kier molecular flexibility index (Phi) is 5.44. The fourth-order valence-corrected chi connectivity index (χ4v) is 8.79. The zero-order valence-corrected chi connectivity index (χ0v) is 27.8. The minimum Gasteiger partial charge on any atom is -0.310 e. The van der Waals surface area contributed by atoms with Gasteiger partial charge in [-0.05, 0) is 92.7 Å².